The van der Waals surface area contributed by atoms with Gasteiger partial charge < -0.3 is 15.5 Å². The monoisotopic (exact) mass is 391 g/mol. The smallest absolute Gasteiger partial charge is 0.318 e. The number of para-hydroxylation sites is 1. The highest BCUT2D eigenvalue weighted by atomic mass is 16.2. The molecule has 2 aromatic rings. The number of carbonyl (C=O) groups excluding carboxylic acids is 2. The van der Waals surface area contributed by atoms with Crippen LogP contribution in [0.4, 0.5) is 10.5 Å². The fourth-order valence-electron chi connectivity index (χ4n) is 4.46. The molecule has 1 heterocycles. The number of urea groups is 1. The Hall–Kier alpha value is -2.82. The molecule has 2 aromatic carbocycles. The highest BCUT2D eigenvalue weighted by Crippen LogP contribution is 2.29. The Bertz CT molecular complexity index is 846. The number of amides is 3. The number of benzene rings is 2. The van der Waals surface area contributed by atoms with Crippen molar-refractivity contribution in [2.24, 2.45) is 0 Å². The lowest BCUT2D eigenvalue weighted by Gasteiger charge is -2.29. The first-order valence-electron chi connectivity index (χ1n) is 10.7. The van der Waals surface area contributed by atoms with Crippen LogP contribution < -0.4 is 10.6 Å². The molecule has 3 amide bonds. The number of anilines is 1. The third kappa shape index (κ3) is 4.61. The second kappa shape index (κ2) is 9.12. The fourth-order valence-corrected chi connectivity index (χ4v) is 4.46. The predicted octanol–water partition coefficient (Wildman–Crippen LogP) is 4.80. The average molecular weight is 392 g/mol. The van der Waals surface area contributed by atoms with Crippen LogP contribution in [0, 0.1) is 0 Å². The van der Waals surface area contributed by atoms with Crippen molar-refractivity contribution in [2.45, 2.75) is 57.0 Å². The molecule has 2 aliphatic rings. The maximum absolute atomic E-state index is 13.1. The Labute approximate surface area is 172 Å². The van der Waals surface area contributed by atoms with Gasteiger partial charge in [0.2, 0.25) is 5.91 Å². The molecule has 0 spiro atoms. The van der Waals surface area contributed by atoms with E-state index in [1.807, 2.05) is 54.6 Å². The van der Waals surface area contributed by atoms with Crippen LogP contribution in [0.5, 0.6) is 0 Å². The van der Waals surface area contributed by atoms with E-state index < -0.39 is 6.04 Å². The van der Waals surface area contributed by atoms with Crippen LogP contribution in [0.1, 0.15) is 44.9 Å². The van der Waals surface area contributed by atoms with E-state index in [9.17, 15) is 9.59 Å². The molecule has 1 aliphatic heterocycles. The summed E-state index contributed by atoms with van der Waals surface area (Å²) in [4.78, 5) is 27.6. The zero-order chi connectivity index (χ0) is 20.1. The number of hydrogen-bond donors (Lipinski definition) is 2. The maximum atomic E-state index is 13.1. The quantitative estimate of drug-likeness (QED) is 0.786. The van der Waals surface area contributed by atoms with E-state index in [2.05, 4.69) is 10.6 Å². The normalized spacial score (nSPS) is 19.7. The van der Waals surface area contributed by atoms with Gasteiger partial charge in [0.25, 0.3) is 0 Å². The molecule has 1 saturated carbocycles. The van der Waals surface area contributed by atoms with Gasteiger partial charge in [0.05, 0.1) is 0 Å². The van der Waals surface area contributed by atoms with E-state index in [4.69, 9.17) is 0 Å². The third-order valence-corrected chi connectivity index (χ3v) is 6.02. The van der Waals surface area contributed by atoms with Crippen molar-refractivity contribution in [3.8, 4) is 11.1 Å². The van der Waals surface area contributed by atoms with E-state index in [1.54, 1.807) is 4.90 Å². The van der Waals surface area contributed by atoms with Crippen molar-refractivity contribution >= 4 is 17.6 Å². The topological polar surface area (TPSA) is 61.4 Å². The molecule has 29 heavy (non-hydrogen) atoms. The minimum atomic E-state index is -0.414. The summed E-state index contributed by atoms with van der Waals surface area (Å²) in [6, 6.07) is 17.6. The first-order valence-corrected chi connectivity index (χ1v) is 10.7. The van der Waals surface area contributed by atoms with Crippen LogP contribution in [-0.2, 0) is 4.79 Å². The summed E-state index contributed by atoms with van der Waals surface area (Å²) in [6.45, 7) is 0.636. The minimum Gasteiger partial charge on any atom is -0.335 e. The first kappa shape index (κ1) is 19.5. The van der Waals surface area contributed by atoms with Gasteiger partial charge in [0, 0.05) is 23.8 Å². The molecular weight excluding hydrogens is 362 g/mol. The SMILES string of the molecule is O=C(Nc1ccccc1-c1ccccc1)[C@H]1CCCN1C(=O)NC1CCCCC1. The van der Waals surface area contributed by atoms with Gasteiger partial charge in [-0.15, -0.1) is 0 Å². The zero-order valence-corrected chi connectivity index (χ0v) is 16.8. The molecule has 1 atom stereocenters. The number of likely N-dealkylation sites (tertiary alicyclic amines) is 1. The van der Waals surface area contributed by atoms with Crippen LogP contribution in [0.3, 0.4) is 0 Å². The Morgan fingerprint density at radius 1 is 0.828 bits per heavy atom. The Morgan fingerprint density at radius 2 is 1.55 bits per heavy atom. The molecule has 152 valence electrons. The zero-order valence-electron chi connectivity index (χ0n) is 16.8. The van der Waals surface area contributed by atoms with E-state index in [1.165, 1.54) is 19.3 Å². The van der Waals surface area contributed by atoms with Gasteiger partial charge in [0.15, 0.2) is 0 Å². The van der Waals surface area contributed by atoms with Crippen molar-refractivity contribution in [1.82, 2.24) is 10.2 Å². The number of nitrogens with one attached hydrogen (secondary N) is 2. The van der Waals surface area contributed by atoms with Gasteiger partial charge in [-0.3, -0.25) is 4.79 Å². The highest BCUT2D eigenvalue weighted by molar-refractivity contribution is 6.00. The molecular formula is C24H29N3O2. The lowest BCUT2D eigenvalue weighted by molar-refractivity contribution is -0.119. The van der Waals surface area contributed by atoms with Gasteiger partial charge in [-0.05, 0) is 37.3 Å². The Kier molecular flexibility index (Phi) is 6.13. The summed E-state index contributed by atoms with van der Waals surface area (Å²) in [6.07, 6.45) is 7.24. The Balaban J connectivity index is 1.45. The molecule has 4 rings (SSSR count). The lowest BCUT2D eigenvalue weighted by Crippen LogP contribution is -2.50. The number of rotatable bonds is 4. The van der Waals surface area contributed by atoms with Crippen molar-refractivity contribution in [2.75, 3.05) is 11.9 Å². The average Bonchev–Trinajstić information content (AvgIpc) is 3.26. The largest absolute Gasteiger partial charge is 0.335 e. The summed E-state index contributed by atoms with van der Waals surface area (Å²) < 4.78 is 0. The van der Waals surface area contributed by atoms with E-state index >= 15 is 0 Å². The summed E-state index contributed by atoms with van der Waals surface area (Å²) in [7, 11) is 0. The van der Waals surface area contributed by atoms with Gasteiger partial charge >= 0.3 is 6.03 Å². The first-order chi connectivity index (χ1) is 14.2. The molecule has 5 heteroatoms. The molecule has 1 aliphatic carbocycles. The van der Waals surface area contributed by atoms with Crippen molar-refractivity contribution in [1.29, 1.82) is 0 Å². The second-order valence-corrected chi connectivity index (χ2v) is 8.04. The van der Waals surface area contributed by atoms with Gasteiger partial charge in [-0.2, -0.15) is 0 Å². The van der Waals surface area contributed by atoms with Crippen LogP contribution in [-0.4, -0.2) is 35.5 Å². The van der Waals surface area contributed by atoms with Crippen molar-refractivity contribution in [3.63, 3.8) is 0 Å². The van der Waals surface area contributed by atoms with Gasteiger partial charge in [-0.1, -0.05) is 67.8 Å². The fraction of sp³-hybridized carbons (Fsp3) is 0.417. The van der Waals surface area contributed by atoms with Gasteiger partial charge in [0.1, 0.15) is 6.04 Å². The molecule has 2 N–H and O–H groups in total. The Morgan fingerprint density at radius 3 is 2.34 bits per heavy atom. The van der Waals surface area contributed by atoms with Gasteiger partial charge in [-0.25, -0.2) is 4.79 Å². The van der Waals surface area contributed by atoms with Crippen LogP contribution in [0.25, 0.3) is 11.1 Å². The summed E-state index contributed by atoms with van der Waals surface area (Å²) in [5.74, 6) is -0.107. The highest BCUT2D eigenvalue weighted by Gasteiger charge is 2.35. The number of hydrogen-bond acceptors (Lipinski definition) is 2. The lowest BCUT2D eigenvalue weighted by atomic mass is 9.96. The minimum absolute atomic E-state index is 0.0918. The number of nitrogens with zero attached hydrogens (tertiary/aromatic N) is 1. The molecule has 5 nitrogen and oxygen atoms in total. The molecule has 1 saturated heterocycles. The van der Waals surface area contributed by atoms with E-state index in [0.29, 0.717) is 13.0 Å². The van der Waals surface area contributed by atoms with E-state index in [-0.39, 0.29) is 18.0 Å². The molecule has 0 radical (unpaired) electrons. The number of carbonyl (C=O) groups is 2. The molecule has 0 unspecified atom stereocenters. The summed E-state index contributed by atoms with van der Waals surface area (Å²) >= 11 is 0. The predicted molar refractivity (Wildman–Crippen MR) is 116 cm³/mol. The summed E-state index contributed by atoms with van der Waals surface area (Å²) in [5.41, 5.74) is 2.82. The van der Waals surface area contributed by atoms with Crippen LogP contribution in [0.2, 0.25) is 0 Å². The summed E-state index contributed by atoms with van der Waals surface area (Å²) in [5, 5.41) is 6.23. The third-order valence-electron chi connectivity index (χ3n) is 6.02. The maximum Gasteiger partial charge on any atom is 0.318 e. The standard InChI is InChI=1S/C24H29N3O2/c28-23(26-21-15-8-7-14-20(21)18-10-3-1-4-11-18)22-16-9-17-27(22)24(29)25-19-12-5-2-6-13-19/h1,3-4,7-8,10-11,14-15,19,22H,2,5-6,9,12-13,16-17H2,(H,25,29)(H,26,28)/t22-/m1/s1. The van der Waals surface area contributed by atoms with E-state index in [0.717, 1.165) is 36.1 Å². The molecule has 0 aromatic heterocycles. The second-order valence-electron chi connectivity index (χ2n) is 8.04. The van der Waals surface area contributed by atoms with Crippen LogP contribution >= 0.6 is 0 Å². The molecule has 0 bridgehead atoms. The molecule has 2 fully saturated rings. The van der Waals surface area contributed by atoms with Crippen molar-refractivity contribution < 1.29 is 9.59 Å². The van der Waals surface area contributed by atoms with Crippen LogP contribution in [0.15, 0.2) is 54.6 Å². The van der Waals surface area contributed by atoms with Crippen molar-refractivity contribution in [3.05, 3.63) is 54.6 Å².